The van der Waals surface area contributed by atoms with Gasteiger partial charge >= 0.3 is 0 Å². The van der Waals surface area contributed by atoms with Crippen LogP contribution in [0.4, 0.5) is 0 Å². The average molecular weight is 191 g/mol. The molecule has 1 aliphatic rings. The molecule has 1 fully saturated rings. The first-order valence-electron chi connectivity index (χ1n) is 5.47. The van der Waals surface area contributed by atoms with Crippen LogP contribution in [-0.4, -0.2) is 6.04 Å². The highest BCUT2D eigenvalue weighted by Crippen LogP contribution is 2.20. The first-order valence-corrected chi connectivity index (χ1v) is 5.47. The molecule has 1 N–H and O–H groups in total. The molecule has 1 heteroatoms. The van der Waals surface area contributed by atoms with Crippen molar-refractivity contribution in [2.45, 2.75) is 39.2 Å². The lowest BCUT2D eigenvalue weighted by Gasteiger charge is -2.03. The summed E-state index contributed by atoms with van der Waals surface area (Å²) in [6.07, 6.45) is 12.3. The van der Waals surface area contributed by atoms with Crippen LogP contribution in [0.3, 0.4) is 0 Å². The summed E-state index contributed by atoms with van der Waals surface area (Å²) in [6, 6.07) is 0.708. The van der Waals surface area contributed by atoms with Crippen molar-refractivity contribution in [1.29, 1.82) is 0 Å². The third-order valence-corrected chi connectivity index (χ3v) is 2.31. The van der Waals surface area contributed by atoms with E-state index in [1.54, 1.807) is 0 Å². The Morgan fingerprint density at radius 2 is 2.29 bits per heavy atom. The van der Waals surface area contributed by atoms with Gasteiger partial charge in [0.05, 0.1) is 0 Å². The van der Waals surface area contributed by atoms with E-state index in [9.17, 15) is 0 Å². The van der Waals surface area contributed by atoms with Crippen molar-refractivity contribution in [1.82, 2.24) is 5.32 Å². The maximum absolute atomic E-state index is 3.96. The first kappa shape index (κ1) is 11.1. The van der Waals surface area contributed by atoms with E-state index >= 15 is 0 Å². The van der Waals surface area contributed by atoms with Crippen LogP contribution >= 0.6 is 0 Å². The van der Waals surface area contributed by atoms with Gasteiger partial charge in [0, 0.05) is 11.7 Å². The topological polar surface area (TPSA) is 12.0 Å². The summed E-state index contributed by atoms with van der Waals surface area (Å²) < 4.78 is 0. The molecule has 78 valence electrons. The van der Waals surface area contributed by atoms with Gasteiger partial charge in [-0.1, -0.05) is 31.7 Å². The molecule has 0 amide bonds. The van der Waals surface area contributed by atoms with Crippen molar-refractivity contribution in [2.24, 2.45) is 5.92 Å². The predicted molar refractivity (Wildman–Crippen MR) is 63.0 cm³/mol. The van der Waals surface area contributed by atoms with Crippen LogP contribution in [0.5, 0.6) is 0 Å². The van der Waals surface area contributed by atoms with Gasteiger partial charge in [0.1, 0.15) is 0 Å². The van der Waals surface area contributed by atoms with Crippen LogP contribution in [0.15, 0.2) is 36.6 Å². The lowest BCUT2D eigenvalue weighted by molar-refractivity contribution is 0.741. The van der Waals surface area contributed by atoms with Gasteiger partial charge in [-0.2, -0.15) is 0 Å². The summed E-state index contributed by atoms with van der Waals surface area (Å²) in [5.41, 5.74) is 1.06. The maximum Gasteiger partial charge on any atom is 0.0266 e. The number of allylic oxidation sites excluding steroid dienone is 4. The van der Waals surface area contributed by atoms with Crippen LogP contribution in [-0.2, 0) is 0 Å². The molecule has 0 radical (unpaired) electrons. The average Bonchev–Trinajstić information content (AvgIpc) is 2.88. The summed E-state index contributed by atoms with van der Waals surface area (Å²) in [5.74, 6) is 0.630. The fraction of sp³-hybridized carbons (Fsp3) is 0.538. The van der Waals surface area contributed by atoms with Crippen molar-refractivity contribution in [3.8, 4) is 0 Å². The quantitative estimate of drug-likeness (QED) is 0.501. The van der Waals surface area contributed by atoms with E-state index in [0.717, 1.165) is 12.1 Å². The van der Waals surface area contributed by atoms with Crippen LogP contribution in [0.25, 0.3) is 0 Å². The molecule has 1 saturated carbocycles. The zero-order valence-corrected chi connectivity index (χ0v) is 9.29. The second kappa shape index (κ2) is 5.69. The lowest BCUT2D eigenvalue weighted by Crippen LogP contribution is -2.12. The predicted octanol–water partition coefficient (Wildman–Crippen LogP) is 3.41. The number of nitrogens with one attached hydrogen (secondary N) is 1. The Bertz CT molecular complexity index is 234. The third kappa shape index (κ3) is 4.90. The van der Waals surface area contributed by atoms with Crippen molar-refractivity contribution >= 4 is 0 Å². The minimum absolute atomic E-state index is 0.630. The molecule has 0 bridgehead atoms. The smallest absolute Gasteiger partial charge is 0.0266 e. The zero-order chi connectivity index (χ0) is 10.4. The van der Waals surface area contributed by atoms with Gasteiger partial charge < -0.3 is 5.32 Å². The maximum atomic E-state index is 3.96. The molecule has 1 atom stereocenters. The molecule has 0 unspecified atom stereocenters. The second-order valence-electron chi connectivity index (χ2n) is 4.08. The van der Waals surface area contributed by atoms with Crippen LogP contribution in [0.1, 0.15) is 33.1 Å². The standard InChI is InChI=1S/C13H21N/c1-4-6-11(2)7-5-8-12(3)14-13-9-10-13/h4-6,8,11,13-14H,3,7,9-10H2,1-2H3/b6-4+,8-5+/t11-/m0/s1. The summed E-state index contributed by atoms with van der Waals surface area (Å²) in [7, 11) is 0. The Morgan fingerprint density at radius 1 is 1.57 bits per heavy atom. The van der Waals surface area contributed by atoms with Gasteiger partial charge in [-0.05, 0) is 38.2 Å². The van der Waals surface area contributed by atoms with E-state index in [0.29, 0.717) is 12.0 Å². The molecule has 0 aromatic rings. The van der Waals surface area contributed by atoms with E-state index in [1.807, 2.05) is 0 Å². The highest BCUT2D eigenvalue weighted by atomic mass is 15.0. The first-order chi connectivity index (χ1) is 6.72. The highest BCUT2D eigenvalue weighted by molar-refractivity contribution is 5.14. The van der Waals surface area contributed by atoms with E-state index < -0.39 is 0 Å². The fourth-order valence-electron chi connectivity index (χ4n) is 1.37. The van der Waals surface area contributed by atoms with Crippen LogP contribution in [0.2, 0.25) is 0 Å². The van der Waals surface area contributed by atoms with Crippen molar-refractivity contribution in [2.75, 3.05) is 0 Å². The second-order valence-corrected chi connectivity index (χ2v) is 4.08. The van der Waals surface area contributed by atoms with Gasteiger partial charge in [0.2, 0.25) is 0 Å². The molecule has 0 aromatic heterocycles. The third-order valence-electron chi connectivity index (χ3n) is 2.31. The minimum Gasteiger partial charge on any atom is -0.383 e. The van der Waals surface area contributed by atoms with Gasteiger partial charge in [0.25, 0.3) is 0 Å². The summed E-state index contributed by atoms with van der Waals surface area (Å²) in [5, 5.41) is 3.36. The summed E-state index contributed by atoms with van der Waals surface area (Å²) >= 11 is 0. The molecule has 1 rings (SSSR count). The summed E-state index contributed by atoms with van der Waals surface area (Å²) in [4.78, 5) is 0. The van der Waals surface area contributed by atoms with Crippen LogP contribution in [0, 0.1) is 5.92 Å². The van der Waals surface area contributed by atoms with E-state index in [-0.39, 0.29) is 0 Å². The van der Waals surface area contributed by atoms with Crippen molar-refractivity contribution < 1.29 is 0 Å². The fourth-order valence-corrected chi connectivity index (χ4v) is 1.37. The molecule has 14 heavy (non-hydrogen) atoms. The molecule has 0 spiro atoms. The molecule has 0 saturated heterocycles. The monoisotopic (exact) mass is 191 g/mol. The van der Waals surface area contributed by atoms with Gasteiger partial charge in [-0.3, -0.25) is 0 Å². The highest BCUT2D eigenvalue weighted by Gasteiger charge is 2.20. The Morgan fingerprint density at radius 3 is 2.86 bits per heavy atom. The Kier molecular flexibility index (Phi) is 4.51. The van der Waals surface area contributed by atoms with E-state index in [2.05, 4.69) is 50.0 Å². The SMILES string of the molecule is C=C(/C=C/C[C@@H](C)/C=C/C)NC1CC1. The molecule has 0 aromatic carbocycles. The van der Waals surface area contributed by atoms with E-state index in [4.69, 9.17) is 0 Å². The number of hydrogen-bond acceptors (Lipinski definition) is 1. The molecule has 1 aliphatic carbocycles. The molecule has 0 aliphatic heterocycles. The van der Waals surface area contributed by atoms with Crippen molar-refractivity contribution in [3.63, 3.8) is 0 Å². The molecule has 0 heterocycles. The minimum atomic E-state index is 0.630. The number of hydrogen-bond donors (Lipinski definition) is 1. The lowest BCUT2D eigenvalue weighted by atomic mass is 10.1. The Labute approximate surface area is 87.6 Å². The van der Waals surface area contributed by atoms with Gasteiger partial charge in [-0.25, -0.2) is 0 Å². The Hall–Kier alpha value is -0.980. The van der Waals surface area contributed by atoms with Gasteiger partial charge in [0.15, 0.2) is 0 Å². The van der Waals surface area contributed by atoms with Crippen molar-refractivity contribution in [3.05, 3.63) is 36.6 Å². The molecular formula is C13H21N. The van der Waals surface area contributed by atoms with E-state index in [1.165, 1.54) is 12.8 Å². The Balaban J connectivity index is 2.14. The molecule has 1 nitrogen and oxygen atoms in total. The van der Waals surface area contributed by atoms with Crippen LogP contribution < -0.4 is 5.32 Å². The zero-order valence-electron chi connectivity index (χ0n) is 9.29. The normalized spacial score (nSPS) is 19.0. The number of rotatable bonds is 6. The largest absolute Gasteiger partial charge is 0.383 e. The van der Waals surface area contributed by atoms with Gasteiger partial charge in [-0.15, -0.1) is 0 Å². The summed E-state index contributed by atoms with van der Waals surface area (Å²) in [6.45, 7) is 8.25. The molecular weight excluding hydrogens is 170 g/mol.